The summed E-state index contributed by atoms with van der Waals surface area (Å²) in [5.74, 6) is 0.225. The van der Waals surface area contributed by atoms with Gasteiger partial charge in [-0.3, -0.25) is 10.1 Å². The summed E-state index contributed by atoms with van der Waals surface area (Å²) in [6, 6.07) is -0.207. The minimum Gasteiger partial charge on any atom is -0.324 e. The number of nitrogens with zero attached hydrogens (tertiary/aromatic N) is 1. The number of hydrogen-bond donors (Lipinski definition) is 1. The molecule has 118 valence electrons. The van der Waals surface area contributed by atoms with E-state index in [9.17, 15) is 13.2 Å². The van der Waals surface area contributed by atoms with E-state index >= 15 is 0 Å². The maximum atomic E-state index is 12.5. The normalized spacial score (nSPS) is 24.8. The topological polar surface area (TPSA) is 66.5 Å². The maximum Gasteiger partial charge on any atom is 0.241 e. The molecule has 2 unspecified atom stereocenters. The highest BCUT2D eigenvalue weighted by Gasteiger charge is 2.44. The third-order valence-corrected chi connectivity index (χ3v) is 6.22. The van der Waals surface area contributed by atoms with Gasteiger partial charge in [-0.15, -0.1) is 0 Å². The van der Waals surface area contributed by atoms with Gasteiger partial charge in [0.25, 0.3) is 0 Å². The molecule has 1 amide bonds. The summed E-state index contributed by atoms with van der Waals surface area (Å²) in [6.45, 7) is 9.68. The lowest BCUT2D eigenvalue weighted by atomic mass is 10.0. The average Bonchev–Trinajstić information content (AvgIpc) is 2.56. The van der Waals surface area contributed by atoms with Crippen LogP contribution in [0.15, 0.2) is 0 Å². The number of nitrogens with one attached hydrogen (secondary N) is 1. The van der Waals surface area contributed by atoms with Gasteiger partial charge in [0.15, 0.2) is 9.84 Å². The van der Waals surface area contributed by atoms with Crippen molar-refractivity contribution < 1.29 is 13.2 Å². The van der Waals surface area contributed by atoms with Crippen molar-refractivity contribution in [2.75, 3.05) is 12.8 Å². The summed E-state index contributed by atoms with van der Waals surface area (Å²) in [5.41, 5.74) is 0. The SMILES string of the molecule is CCCC1NC(C(C)C)C(=O)N1CC(C)(C)S(C)(=O)=O. The first-order valence-corrected chi connectivity index (χ1v) is 9.16. The van der Waals surface area contributed by atoms with Gasteiger partial charge in [-0.25, -0.2) is 8.42 Å². The van der Waals surface area contributed by atoms with Crippen LogP contribution in [0.3, 0.4) is 0 Å². The lowest BCUT2D eigenvalue weighted by Crippen LogP contribution is -2.48. The second kappa shape index (κ2) is 6.02. The molecular weight excluding hydrogens is 276 g/mol. The van der Waals surface area contributed by atoms with Gasteiger partial charge in [-0.2, -0.15) is 0 Å². The lowest BCUT2D eigenvalue weighted by molar-refractivity contribution is -0.131. The first-order valence-electron chi connectivity index (χ1n) is 7.27. The molecule has 6 heteroatoms. The second-order valence-corrected chi connectivity index (χ2v) is 9.34. The molecule has 0 aromatic carbocycles. The molecule has 5 nitrogen and oxygen atoms in total. The second-order valence-electron chi connectivity index (χ2n) is 6.69. The Morgan fingerprint density at radius 2 is 1.90 bits per heavy atom. The average molecular weight is 304 g/mol. The zero-order valence-electron chi connectivity index (χ0n) is 13.4. The van der Waals surface area contributed by atoms with Crippen LogP contribution in [-0.4, -0.2) is 49.0 Å². The Labute approximate surface area is 123 Å². The van der Waals surface area contributed by atoms with Crippen molar-refractivity contribution in [2.45, 2.75) is 64.4 Å². The van der Waals surface area contributed by atoms with Crippen LogP contribution in [-0.2, 0) is 14.6 Å². The molecule has 0 saturated carbocycles. The third kappa shape index (κ3) is 3.52. The van der Waals surface area contributed by atoms with Crippen molar-refractivity contribution in [3.8, 4) is 0 Å². The molecule has 1 aliphatic rings. The van der Waals surface area contributed by atoms with Gasteiger partial charge in [-0.1, -0.05) is 27.2 Å². The van der Waals surface area contributed by atoms with Crippen LogP contribution in [0.25, 0.3) is 0 Å². The van der Waals surface area contributed by atoms with Crippen LogP contribution < -0.4 is 5.32 Å². The van der Waals surface area contributed by atoms with E-state index in [1.165, 1.54) is 6.26 Å². The minimum atomic E-state index is -3.21. The van der Waals surface area contributed by atoms with E-state index in [0.29, 0.717) is 0 Å². The Balaban J connectivity index is 2.98. The van der Waals surface area contributed by atoms with Crippen molar-refractivity contribution in [1.29, 1.82) is 0 Å². The van der Waals surface area contributed by atoms with E-state index in [0.717, 1.165) is 12.8 Å². The Hall–Kier alpha value is -0.620. The van der Waals surface area contributed by atoms with Crippen LogP contribution >= 0.6 is 0 Å². The molecule has 0 aromatic rings. The van der Waals surface area contributed by atoms with Crippen LogP contribution in [0.5, 0.6) is 0 Å². The third-order valence-electron chi connectivity index (χ3n) is 4.08. The molecule has 0 aliphatic carbocycles. The Kier molecular flexibility index (Phi) is 5.24. The minimum absolute atomic E-state index is 0.0233. The van der Waals surface area contributed by atoms with Crippen molar-refractivity contribution in [3.63, 3.8) is 0 Å². The van der Waals surface area contributed by atoms with E-state index in [1.807, 2.05) is 13.8 Å². The zero-order chi connectivity index (χ0) is 15.7. The summed E-state index contributed by atoms with van der Waals surface area (Å²) in [5, 5.41) is 3.35. The number of rotatable bonds is 6. The molecule has 0 aromatic heterocycles. The van der Waals surface area contributed by atoms with Gasteiger partial charge in [0, 0.05) is 12.8 Å². The molecule has 1 N–H and O–H groups in total. The van der Waals surface area contributed by atoms with Crippen LogP contribution in [0.4, 0.5) is 0 Å². The van der Waals surface area contributed by atoms with Gasteiger partial charge in [0.1, 0.15) is 0 Å². The molecule has 1 aliphatic heterocycles. The smallest absolute Gasteiger partial charge is 0.241 e. The van der Waals surface area contributed by atoms with Crippen molar-refractivity contribution in [2.24, 2.45) is 5.92 Å². The monoisotopic (exact) mass is 304 g/mol. The predicted molar refractivity (Wildman–Crippen MR) is 81.1 cm³/mol. The van der Waals surface area contributed by atoms with Gasteiger partial charge < -0.3 is 4.90 Å². The van der Waals surface area contributed by atoms with Gasteiger partial charge in [0.05, 0.1) is 17.0 Å². The standard InChI is InChI=1S/C14H28N2O3S/c1-7-8-11-15-12(10(2)3)13(17)16(11)9-14(4,5)20(6,18)19/h10-12,15H,7-9H2,1-6H3. The molecule has 0 radical (unpaired) electrons. The quantitative estimate of drug-likeness (QED) is 0.805. The zero-order valence-corrected chi connectivity index (χ0v) is 14.3. The molecule has 1 fully saturated rings. The van der Waals surface area contributed by atoms with E-state index < -0.39 is 14.6 Å². The molecular formula is C14H28N2O3S. The van der Waals surface area contributed by atoms with Crippen LogP contribution in [0.1, 0.15) is 47.5 Å². The molecule has 1 rings (SSSR count). The number of carbonyl (C=O) groups is 1. The van der Waals surface area contributed by atoms with Gasteiger partial charge >= 0.3 is 0 Å². The van der Waals surface area contributed by atoms with Gasteiger partial charge in [-0.05, 0) is 26.2 Å². The number of sulfone groups is 1. The Morgan fingerprint density at radius 3 is 2.30 bits per heavy atom. The van der Waals surface area contributed by atoms with E-state index in [-0.39, 0.29) is 30.6 Å². The summed E-state index contributed by atoms with van der Waals surface area (Å²) in [4.78, 5) is 14.2. The fraction of sp³-hybridized carbons (Fsp3) is 0.929. The van der Waals surface area contributed by atoms with Crippen molar-refractivity contribution >= 4 is 15.7 Å². The summed E-state index contributed by atoms with van der Waals surface area (Å²) in [6.07, 6.45) is 2.97. The summed E-state index contributed by atoms with van der Waals surface area (Å²) in [7, 11) is -3.21. The molecule has 20 heavy (non-hydrogen) atoms. The van der Waals surface area contributed by atoms with E-state index in [2.05, 4.69) is 12.2 Å². The Bertz CT molecular complexity index is 457. The molecule has 1 heterocycles. The fourth-order valence-corrected chi connectivity index (χ4v) is 2.78. The van der Waals surface area contributed by atoms with Crippen molar-refractivity contribution in [3.05, 3.63) is 0 Å². The first-order chi connectivity index (χ1) is 9.01. The maximum absolute atomic E-state index is 12.5. The number of amides is 1. The highest BCUT2D eigenvalue weighted by atomic mass is 32.2. The molecule has 0 bridgehead atoms. The van der Waals surface area contributed by atoms with Crippen LogP contribution in [0, 0.1) is 5.92 Å². The highest BCUT2D eigenvalue weighted by Crippen LogP contribution is 2.25. The number of hydrogen-bond acceptors (Lipinski definition) is 4. The van der Waals surface area contributed by atoms with Crippen molar-refractivity contribution in [1.82, 2.24) is 10.2 Å². The molecule has 2 atom stereocenters. The summed E-state index contributed by atoms with van der Waals surface area (Å²) < 4.78 is 22.8. The first kappa shape index (κ1) is 17.4. The molecule has 0 spiro atoms. The fourth-order valence-electron chi connectivity index (χ4n) is 2.41. The van der Waals surface area contributed by atoms with Crippen LogP contribution in [0.2, 0.25) is 0 Å². The summed E-state index contributed by atoms with van der Waals surface area (Å²) >= 11 is 0. The predicted octanol–water partition coefficient (Wildman–Crippen LogP) is 1.39. The largest absolute Gasteiger partial charge is 0.324 e. The van der Waals surface area contributed by atoms with E-state index in [1.54, 1.807) is 18.7 Å². The lowest BCUT2D eigenvalue weighted by Gasteiger charge is -2.32. The van der Waals surface area contributed by atoms with Gasteiger partial charge in [0.2, 0.25) is 5.91 Å². The highest BCUT2D eigenvalue weighted by molar-refractivity contribution is 7.92. The molecule has 1 saturated heterocycles. The number of carbonyl (C=O) groups excluding carboxylic acids is 1. The van der Waals surface area contributed by atoms with E-state index in [4.69, 9.17) is 0 Å². The Morgan fingerprint density at radius 1 is 1.35 bits per heavy atom.